The number of thioether (sulfide) groups is 1. The molecule has 1 aliphatic rings. The fraction of sp³-hybridized carbons (Fsp3) is 0.0909. The van der Waals surface area contributed by atoms with Crippen LogP contribution in [0.3, 0.4) is 0 Å². The quantitative estimate of drug-likeness (QED) is 0.153. The summed E-state index contributed by atoms with van der Waals surface area (Å²) in [6.45, 7) is 2.27. The van der Waals surface area contributed by atoms with Crippen molar-refractivity contribution in [3.05, 3.63) is 137 Å². The van der Waals surface area contributed by atoms with Crippen LogP contribution in [-0.4, -0.2) is 40.8 Å². The summed E-state index contributed by atoms with van der Waals surface area (Å²) in [5.41, 5.74) is 3.86. The number of nitrogens with zero attached hydrogens (tertiary/aromatic N) is 1. The molecular formula is C33H27N3O4S. The smallest absolute Gasteiger partial charge is 0.272 e. The number of amides is 4. The number of carbonyl (C=O) groups is 4. The highest BCUT2D eigenvalue weighted by atomic mass is 32.2. The molecule has 0 spiro atoms. The van der Waals surface area contributed by atoms with E-state index in [4.69, 9.17) is 0 Å². The van der Waals surface area contributed by atoms with Crippen molar-refractivity contribution >= 4 is 47.2 Å². The van der Waals surface area contributed by atoms with E-state index in [0.717, 1.165) is 16.0 Å². The van der Waals surface area contributed by atoms with E-state index >= 15 is 0 Å². The topological polar surface area (TPSA) is 95.6 Å². The Hall–Kier alpha value is -4.95. The highest BCUT2D eigenvalue weighted by Gasteiger charge is 2.34. The number of hydrogen-bond donors (Lipinski definition) is 2. The first-order chi connectivity index (χ1) is 19.9. The zero-order chi connectivity index (χ0) is 28.8. The molecule has 204 valence electrons. The molecule has 0 unspecified atom stereocenters. The van der Waals surface area contributed by atoms with E-state index in [-0.39, 0.29) is 23.4 Å². The number of benzene rings is 4. The molecule has 4 amide bonds. The molecule has 0 bridgehead atoms. The first-order valence-corrected chi connectivity index (χ1v) is 14.0. The van der Waals surface area contributed by atoms with Gasteiger partial charge in [0.15, 0.2) is 0 Å². The lowest BCUT2D eigenvalue weighted by molar-refractivity contribution is -0.113. The standard InChI is InChI=1S/C33H27N3O4S/c1-22-11-13-23(14-12-22)21-29(35-30(37)24-7-3-2-4-8-24)31(38)34-25-15-17-26(18-16-25)41-20-19-36-32(39)27-9-5-6-10-28(27)33(36)40/h2-18,21H,19-20H2,1H3,(H,34,38)(H,35,37)/b29-21-. The van der Waals surface area contributed by atoms with Crippen molar-refractivity contribution in [3.63, 3.8) is 0 Å². The molecule has 2 N–H and O–H groups in total. The third-order valence-electron chi connectivity index (χ3n) is 6.49. The molecule has 0 saturated heterocycles. The van der Waals surface area contributed by atoms with Crippen molar-refractivity contribution in [2.45, 2.75) is 11.8 Å². The van der Waals surface area contributed by atoms with E-state index < -0.39 is 5.91 Å². The van der Waals surface area contributed by atoms with Crippen LogP contribution in [0.15, 0.2) is 114 Å². The maximum atomic E-state index is 13.2. The van der Waals surface area contributed by atoms with E-state index in [9.17, 15) is 19.2 Å². The third-order valence-corrected chi connectivity index (χ3v) is 7.48. The van der Waals surface area contributed by atoms with Gasteiger partial charge in [-0.15, -0.1) is 11.8 Å². The lowest BCUT2D eigenvalue weighted by Gasteiger charge is -2.14. The number of carbonyl (C=O) groups excluding carboxylic acids is 4. The fourth-order valence-electron chi connectivity index (χ4n) is 4.30. The van der Waals surface area contributed by atoms with Crippen LogP contribution in [0.1, 0.15) is 42.2 Å². The van der Waals surface area contributed by atoms with Gasteiger partial charge in [-0.2, -0.15) is 0 Å². The summed E-state index contributed by atoms with van der Waals surface area (Å²) < 4.78 is 0. The Morgan fingerprint density at radius 1 is 0.780 bits per heavy atom. The second-order valence-electron chi connectivity index (χ2n) is 9.42. The first kappa shape index (κ1) is 27.6. The molecule has 0 saturated carbocycles. The molecule has 41 heavy (non-hydrogen) atoms. The molecule has 0 atom stereocenters. The summed E-state index contributed by atoms with van der Waals surface area (Å²) in [6.07, 6.45) is 1.64. The lowest BCUT2D eigenvalue weighted by Crippen LogP contribution is -2.31. The van der Waals surface area contributed by atoms with Crippen LogP contribution in [0.4, 0.5) is 5.69 Å². The third kappa shape index (κ3) is 6.62. The molecule has 8 heteroatoms. The van der Waals surface area contributed by atoms with Gasteiger partial charge in [0.1, 0.15) is 5.70 Å². The average Bonchev–Trinajstić information content (AvgIpc) is 3.24. The Kier molecular flexibility index (Phi) is 8.41. The molecule has 0 aromatic heterocycles. The molecule has 0 fully saturated rings. The fourth-order valence-corrected chi connectivity index (χ4v) is 5.14. The molecular weight excluding hydrogens is 534 g/mol. The van der Waals surface area contributed by atoms with Gasteiger partial charge in [-0.25, -0.2) is 0 Å². The Bertz CT molecular complexity index is 1600. The highest BCUT2D eigenvalue weighted by Crippen LogP contribution is 2.25. The number of nitrogens with one attached hydrogen (secondary N) is 2. The van der Waals surface area contributed by atoms with E-state index in [1.165, 1.54) is 16.7 Å². The van der Waals surface area contributed by atoms with E-state index in [0.29, 0.717) is 34.7 Å². The molecule has 4 aromatic rings. The predicted octanol–water partition coefficient (Wildman–Crippen LogP) is 5.79. The van der Waals surface area contributed by atoms with Gasteiger partial charge in [0.2, 0.25) is 0 Å². The summed E-state index contributed by atoms with van der Waals surface area (Å²) in [7, 11) is 0. The maximum Gasteiger partial charge on any atom is 0.272 e. The van der Waals surface area contributed by atoms with Crippen LogP contribution < -0.4 is 10.6 Å². The first-order valence-electron chi connectivity index (χ1n) is 13.0. The summed E-state index contributed by atoms with van der Waals surface area (Å²) >= 11 is 1.51. The zero-order valence-corrected chi connectivity index (χ0v) is 23.1. The van der Waals surface area contributed by atoms with Gasteiger partial charge in [0.25, 0.3) is 23.6 Å². The van der Waals surface area contributed by atoms with Crippen LogP contribution in [0.25, 0.3) is 6.08 Å². The summed E-state index contributed by atoms with van der Waals surface area (Å²) in [5.74, 6) is -0.840. The maximum absolute atomic E-state index is 13.2. The number of hydrogen-bond acceptors (Lipinski definition) is 5. The van der Waals surface area contributed by atoms with Gasteiger partial charge in [0, 0.05) is 28.4 Å². The van der Waals surface area contributed by atoms with Crippen molar-refractivity contribution in [2.75, 3.05) is 17.6 Å². The van der Waals surface area contributed by atoms with Crippen LogP contribution >= 0.6 is 11.8 Å². The Morgan fingerprint density at radius 3 is 2.02 bits per heavy atom. The predicted molar refractivity (Wildman–Crippen MR) is 161 cm³/mol. The lowest BCUT2D eigenvalue weighted by atomic mass is 10.1. The molecule has 1 heterocycles. The number of imide groups is 1. The van der Waals surface area contributed by atoms with Gasteiger partial charge >= 0.3 is 0 Å². The molecule has 5 rings (SSSR count). The number of fused-ring (bicyclic) bond motifs is 1. The summed E-state index contributed by atoms with van der Waals surface area (Å²) in [5, 5.41) is 5.59. The average molecular weight is 562 g/mol. The minimum Gasteiger partial charge on any atom is -0.321 e. The molecule has 0 aliphatic carbocycles. The van der Waals surface area contributed by atoms with Crippen LogP contribution in [0, 0.1) is 6.92 Å². The Labute approximate surface area is 242 Å². The Balaban J connectivity index is 1.21. The monoisotopic (exact) mass is 561 g/mol. The van der Waals surface area contributed by atoms with Crippen LogP contribution in [0.2, 0.25) is 0 Å². The van der Waals surface area contributed by atoms with E-state index in [2.05, 4.69) is 10.6 Å². The summed E-state index contributed by atoms with van der Waals surface area (Å²) in [6, 6.07) is 30.4. The van der Waals surface area contributed by atoms with Crippen molar-refractivity contribution in [2.24, 2.45) is 0 Å². The van der Waals surface area contributed by atoms with Crippen molar-refractivity contribution in [3.8, 4) is 0 Å². The van der Waals surface area contributed by atoms with Crippen molar-refractivity contribution in [1.29, 1.82) is 0 Å². The molecule has 7 nitrogen and oxygen atoms in total. The van der Waals surface area contributed by atoms with Crippen LogP contribution in [0.5, 0.6) is 0 Å². The van der Waals surface area contributed by atoms with Crippen molar-refractivity contribution < 1.29 is 19.2 Å². The van der Waals surface area contributed by atoms with Crippen LogP contribution in [-0.2, 0) is 4.79 Å². The van der Waals surface area contributed by atoms with Gasteiger partial charge < -0.3 is 10.6 Å². The van der Waals surface area contributed by atoms with Crippen molar-refractivity contribution in [1.82, 2.24) is 10.2 Å². The normalized spacial score (nSPS) is 12.7. The second kappa shape index (κ2) is 12.5. The number of rotatable bonds is 9. The van der Waals surface area contributed by atoms with E-state index in [1.54, 1.807) is 66.7 Å². The Morgan fingerprint density at radius 2 is 1.39 bits per heavy atom. The minimum absolute atomic E-state index is 0.113. The second-order valence-corrected chi connectivity index (χ2v) is 10.6. The molecule has 0 radical (unpaired) electrons. The van der Waals surface area contributed by atoms with Gasteiger partial charge in [-0.3, -0.25) is 24.1 Å². The molecule has 1 aliphatic heterocycles. The van der Waals surface area contributed by atoms with Gasteiger partial charge in [-0.05, 0) is 67.1 Å². The SMILES string of the molecule is Cc1ccc(/C=C(\NC(=O)c2ccccc2)C(=O)Nc2ccc(SCCN3C(=O)c4ccccc4C3=O)cc2)cc1. The van der Waals surface area contributed by atoms with Gasteiger partial charge in [0.05, 0.1) is 11.1 Å². The van der Waals surface area contributed by atoms with E-state index in [1.807, 2.05) is 49.4 Å². The zero-order valence-electron chi connectivity index (χ0n) is 22.3. The number of aryl methyl sites for hydroxylation is 1. The van der Waals surface area contributed by atoms with Gasteiger partial charge in [-0.1, -0.05) is 60.2 Å². The number of anilines is 1. The minimum atomic E-state index is -0.458. The molecule has 4 aromatic carbocycles. The highest BCUT2D eigenvalue weighted by molar-refractivity contribution is 7.99. The largest absolute Gasteiger partial charge is 0.321 e. The summed E-state index contributed by atoms with van der Waals surface area (Å²) in [4.78, 5) is 53.4.